The molecule has 1 amide bonds. The Balaban J connectivity index is 1.56. The van der Waals surface area contributed by atoms with Crippen LogP contribution in [-0.2, 0) is 0 Å². The van der Waals surface area contributed by atoms with Gasteiger partial charge in [-0.25, -0.2) is 9.67 Å². The van der Waals surface area contributed by atoms with E-state index in [4.69, 9.17) is 16.3 Å². The number of rotatable bonds is 7. The van der Waals surface area contributed by atoms with E-state index in [0.29, 0.717) is 12.2 Å². The van der Waals surface area contributed by atoms with Crippen LogP contribution < -0.4 is 10.1 Å². The normalized spacial score (nSPS) is 15.4. The number of carbonyl (C=O) groups is 1. The van der Waals surface area contributed by atoms with Crippen molar-refractivity contribution in [2.45, 2.75) is 31.9 Å². The summed E-state index contributed by atoms with van der Waals surface area (Å²) in [6, 6.07) is 4.68. The summed E-state index contributed by atoms with van der Waals surface area (Å²) in [6.07, 6.45) is -1.79. The molecule has 2 aromatic rings. The maximum atomic E-state index is 12.9. The molecule has 0 saturated heterocycles. The molecule has 1 saturated carbocycles. The molecule has 0 aliphatic heterocycles. The lowest BCUT2D eigenvalue weighted by molar-refractivity contribution is -0.189. The minimum atomic E-state index is -4.14. The van der Waals surface area contributed by atoms with Crippen LogP contribution in [0.25, 0.3) is 5.82 Å². The van der Waals surface area contributed by atoms with Crippen LogP contribution in [0.2, 0.25) is 5.15 Å². The highest BCUT2D eigenvalue weighted by Gasteiger charge is 2.62. The molecule has 146 valence electrons. The second-order valence-electron chi connectivity index (χ2n) is 6.42. The van der Waals surface area contributed by atoms with E-state index in [0.717, 1.165) is 0 Å². The van der Waals surface area contributed by atoms with Crippen LogP contribution in [0.4, 0.5) is 13.2 Å². The summed E-state index contributed by atoms with van der Waals surface area (Å²) >= 11 is 6.01. The number of aromatic nitrogens is 3. The number of hydrogen-bond donors (Lipinski definition) is 1. The second-order valence-corrected chi connectivity index (χ2v) is 6.77. The van der Waals surface area contributed by atoms with Crippen molar-refractivity contribution in [3.63, 3.8) is 0 Å². The number of ether oxygens (including phenoxy) is 1. The number of halogens is 4. The molecular formula is C17H18ClF3N4O2. The third-order valence-corrected chi connectivity index (χ3v) is 4.90. The lowest BCUT2D eigenvalue weighted by Crippen LogP contribution is -2.24. The quantitative estimate of drug-likeness (QED) is 0.565. The fourth-order valence-corrected chi connectivity index (χ4v) is 3.02. The summed E-state index contributed by atoms with van der Waals surface area (Å²) in [4.78, 5) is 15.7. The number of nitrogens with zero attached hydrogens (tertiary/aromatic N) is 3. The van der Waals surface area contributed by atoms with Gasteiger partial charge < -0.3 is 10.1 Å². The third-order valence-electron chi connectivity index (χ3n) is 4.61. The molecule has 27 heavy (non-hydrogen) atoms. The maximum Gasteiger partial charge on any atom is 0.394 e. The Morgan fingerprint density at radius 1 is 1.37 bits per heavy atom. The lowest BCUT2D eigenvalue weighted by atomic mass is 10.0. The fraction of sp³-hybridized carbons (Fsp3) is 0.471. The van der Waals surface area contributed by atoms with E-state index >= 15 is 0 Å². The van der Waals surface area contributed by atoms with Crippen LogP contribution in [0.5, 0.6) is 5.88 Å². The summed E-state index contributed by atoms with van der Waals surface area (Å²) in [7, 11) is 1.49. The minimum absolute atomic E-state index is 0.0340. The van der Waals surface area contributed by atoms with E-state index in [-0.39, 0.29) is 48.4 Å². The molecule has 1 fully saturated rings. The number of nitrogens with one attached hydrogen (secondary N) is 1. The highest BCUT2D eigenvalue weighted by atomic mass is 35.5. The van der Waals surface area contributed by atoms with Crippen molar-refractivity contribution < 1.29 is 22.7 Å². The van der Waals surface area contributed by atoms with Crippen LogP contribution in [0.1, 0.15) is 36.0 Å². The highest BCUT2D eigenvalue weighted by molar-refractivity contribution is 6.32. The predicted molar refractivity (Wildman–Crippen MR) is 92.2 cm³/mol. The Morgan fingerprint density at radius 2 is 2.11 bits per heavy atom. The van der Waals surface area contributed by atoms with E-state index < -0.39 is 11.6 Å². The fourth-order valence-electron chi connectivity index (χ4n) is 2.78. The molecule has 10 heteroatoms. The van der Waals surface area contributed by atoms with Gasteiger partial charge in [0.05, 0.1) is 17.6 Å². The Hall–Kier alpha value is -2.29. The van der Waals surface area contributed by atoms with Gasteiger partial charge in [-0.1, -0.05) is 11.6 Å². The van der Waals surface area contributed by atoms with Crippen LogP contribution in [-0.4, -0.2) is 40.5 Å². The summed E-state index contributed by atoms with van der Waals surface area (Å²) in [5, 5.41) is 6.66. The molecule has 0 radical (unpaired) electrons. The van der Waals surface area contributed by atoms with Crippen molar-refractivity contribution in [3.8, 4) is 11.7 Å². The van der Waals surface area contributed by atoms with Crippen molar-refractivity contribution in [2.75, 3.05) is 13.7 Å². The van der Waals surface area contributed by atoms with E-state index in [2.05, 4.69) is 15.4 Å². The van der Waals surface area contributed by atoms with Gasteiger partial charge in [0.15, 0.2) is 5.82 Å². The molecule has 0 spiro atoms. The number of hydrogen-bond acceptors (Lipinski definition) is 4. The summed E-state index contributed by atoms with van der Waals surface area (Å²) in [5.41, 5.74) is -1.27. The van der Waals surface area contributed by atoms with Crippen molar-refractivity contribution in [2.24, 2.45) is 5.41 Å². The van der Waals surface area contributed by atoms with E-state index in [1.807, 2.05) is 0 Å². The molecule has 6 nitrogen and oxygen atoms in total. The van der Waals surface area contributed by atoms with Crippen molar-refractivity contribution in [1.29, 1.82) is 0 Å². The number of amides is 1. The third kappa shape index (κ3) is 4.18. The minimum Gasteiger partial charge on any atom is -0.477 e. The smallest absolute Gasteiger partial charge is 0.394 e. The van der Waals surface area contributed by atoms with E-state index in [1.165, 1.54) is 17.8 Å². The standard InChI is InChI=1S/C17H18ClF3N4O2/c1-22-15(26)11-3-4-12(23-14(11)18)25-9-5-13(24-25)27-10-2-6-16(7-8-16)17(19,20)21/h3-5,9H,2,6-8,10H2,1H3,(H,22,26). The maximum absolute atomic E-state index is 12.9. The van der Waals surface area contributed by atoms with E-state index in [9.17, 15) is 18.0 Å². The van der Waals surface area contributed by atoms with Crippen LogP contribution in [0, 0.1) is 5.41 Å². The molecule has 1 aliphatic carbocycles. The second kappa shape index (κ2) is 7.38. The zero-order valence-corrected chi connectivity index (χ0v) is 15.3. The average molecular weight is 403 g/mol. The lowest BCUT2D eigenvalue weighted by Gasteiger charge is -2.18. The Morgan fingerprint density at radius 3 is 2.70 bits per heavy atom. The van der Waals surface area contributed by atoms with E-state index in [1.54, 1.807) is 18.3 Å². The molecule has 3 rings (SSSR count). The first-order valence-corrected chi connectivity index (χ1v) is 8.78. The molecule has 0 aromatic carbocycles. The van der Waals surface area contributed by atoms with Crippen molar-refractivity contribution >= 4 is 17.5 Å². The topological polar surface area (TPSA) is 69.0 Å². The highest BCUT2D eigenvalue weighted by Crippen LogP contribution is 2.60. The first-order chi connectivity index (χ1) is 12.8. The van der Waals surface area contributed by atoms with Gasteiger partial charge in [-0.05, 0) is 37.8 Å². The number of carbonyl (C=O) groups excluding carboxylic acids is 1. The first kappa shape index (κ1) is 19.5. The Labute approximate surface area is 158 Å². The predicted octanol–water partition coefficient (Wildman–Crippen LogP) is 3.78. The molecule has 0 bridgehead atoms. The molecule has 2 heterocycles. The van der Waals surface area contributed by atoms with Crippen molar-refractivity contribution in [1.82, 2.24) is 20.1 Å². The van der Waals surface area contributed by atoms with Crippen LogP contribution >= 0.6 is 11.6 Å². The first-order valence-electron chi connectivity index (χ1n) is 8.40. The summed E-state index contributed by atoms with van der Waals surface area (Å²) in [6.45, 7) is 0.151. The van der Waals surface area contributed by atoms with Gasteiger partial charge in [-0.15, -0.1) is 5.10 Å². The van der Waals surface area contributed by atoms with Gasteiger partial charge in [0, 0.05) is 19.3 Å². The molecule has 0 atom stereocenters. The van der Waals surface area contributed by atoms with Crippen LogP contribution in [0.3, 0.4) is 0 Å². The zero-order valence-electron chi connectivity index (χ0n) is 14.5. The molecule has 2 aromatic heterocycles. The Bertz CT molecular complexity index is 834. The summed E-state index contributed by atoms with van der Waals surface area (Å²) < 4.78 is 45.5. The van der Waals surface area contributed by atoms with Gasteiger partial charge in [0.25, 0.3) is 5.91 Å². The zero-order chi connectivity index (χ0) is 19.7. The Kier molecular flexibility index (Phi) is 5.32. The van der Waals surface area contributed by atoms with Gasteiger partial charge in [-0.3, -0.25) is 4.79 Å². The molecule has 1 aliphatic rings. The monoisotopic (exact) mass is 402 g/mol. The number of alkyl halides is 3. The van der Waals surface area contributed by atoms with Crippen molar-refractivity contribution in [3.05, 3.63) is 35.1 Å². The van der Waals surface area contributed by atoms with Crippen LogP contribution in [0.15, 0.2) is 24.4 Å². The molecule has 1 N–H and O–H groups in total. The van der Waals surface area contributed by atoms with Gasteiger partial charge >= 0.3 is 6.18 Å². The largest absolute Gasteiger partial charge is 0.477 e. The summed E-state index contributed by atoms with van der Waals surface area (Å²) in [5.74, 6) is 0.312. The van der Waals surface area contributed by atoms with Gasteiger partial charge in [0.2, 0.25) is 5.88 Å². The number of pyridine rings is 1. The molecule has 0 unspecified atom stereocenters. The van der Waals surface area contributed by atoms with Gasteiger partial charge in [-0.2, -0.15) is 13.2 Å². The van der Waals surface area contributed by atoms with Gasteiger partial charge in [0.1, 0.15) is 5.15 Å². The average Bonchev–Trinajstić information content (AvgIpc) is 3.28. The molecular weight excluding hydrogens is 385 g/mol. The SMILES string of the molecule is CNC(=O)c1ccc(-n2ccc(OCCCC3(C(F)(F)F)CC3)n2)nc1Cl.